The maximum Gasteiger partial charge on any atom is 0.235 e. The van der Waals surface area contributed by atoms with E-state index in [2.05, 4.69) is 26.1 Å². The molecule has 5 N–H and O–H groups in total. The van der Waals surface area contributed by atoms with Crippen LogP contribution < -0.4 is 16.8 Å². The van der Waals surface area contributed by atoms with Gasteiger partial charge in [-0.1, -0.05) is 13.8 Å². The SMILES string of the molecule is CC(C)C(C)NCC(N)C(N)=O. The summed E-state index contributed by atoms with van der Waals surface area (Å²) >= 11 is 0. The third-order valence-electron chi connectivity index (χ3n) is 2.03. The van der Waals surface area contributed by atoms with E-state index >= 15 is 0 Å². The van der Waals surface area contributed by atoms with Gasteiger partial charge in [-0.2, -0.15) is 0 Å². The van der Waals surface area contributed by atoms with Crippen molar-refractivity contribution in [3.63, 3.8) is 0 Å². The van der Waals surface area contributed by atoms with Crippen LogP contribution in [0.25, 0.3) is 0 Å². The van der Waals surface area contributed by atoms with Crippen molar-refractivity contribution < 1.29 is 4.79 Å². The Morgan fingerprint density at radius 3 is 2.25 bits per heavy atom. The summed E-state index contributed by atoms with van der Waals surface area (Å²) < 4.78 is 0. The third-order valence-corrected chi connectivity index (χ3v) is 2.03. The average Bonchev–Trinajstić information content (AvgIpc) is 1.98. The van der Waals surface area contributed by atoms with Gasteiger partial charge in [0.15, 0.2) is 0 Å². The Morgan fingerprint density at radius 1 is 1.42 bits per heavy atom. The molecule has 2 unspecified atom stereocenters. The fourth-order valence-electron chi connectivity index (χ4n) is 0.649. The van der Waals surface area contributed by atoms with Crippen molar-refractivity contribution in [2.45, 2.75) is 32.9 Å². The molecule has 0 aromatic carbocycles. The van der Waals surface area contributed by atoms with Crippen LogP contribution in [0.4, 0.5) is 0 Å². The summed E-state index contributed by atoms with van der Waals surface area (Å²) in [5.74, 6) is 0.0727. The summed E-state index contributed by atoms with van der Waals surface area (Å²) in [6.45, 7) is 6.72. The Hall–Kier alpha value is -0.610. The van der Waals surface area contributed by atoms with Crippen LogP contribution in [0, 0.1) is 5.92 Å². The molecule has 0 aromatic rings. The highest BCUT2D eigenvalue weighted by Gasteiger charge is 2.11. The maximum atomic E-state index is 10.5. The van der Waals surface area contributed by atoms with Crippen LogP contribution in [0.5, 0.6) is 0 Å². The van der Waals surface area contributed by atoms with Crippen molar-refractivity contribution in [3.8, 4) is 0 Å². The van der Waals surface area contributed by atoms with E-state index in [1.54, 1.807) is 0 Å². The lowest BCUT2D eigenvalue weighted by Crippen LogP contribution is -2.47. The molecule has 0 fully saturated rings. The first-order valence-corrected chi connectivity index (χ1v) is 4.23. The first-order chi connectivity index (χ1) is 5.45. The first-order valence-electron chi connectivity index (χ1n) is 4.23. The van der Waals surface area contributed by atoms with Crippen LogP contribution in [-0.4, -0.2) is 24.5 Å². The summed E-state index contributed by atoms with van der Waals surface area (Å²) in [5.41, 5.74) is 10.4. The number of primary amides is 1. The summed E-state index contributed by atoms with van der Waals surface area (Å²) in [6, 6.07) is -0.221. The van der Waals surface area contributed by atoms with E-state index in [0.29, 0.717) is 18.5 Å². The number of nitrogens with two attached hydrogens (primary N) is 2. The Labute approximate surface area is 73.7 Å². The number of hydrogen-bond donors (Lipinski definition) is 3. The number of hydrogen-bond acceptors (Lipinski definition) is 3. The second-order valence-corrected chi connectivity index (χ2v) is 3.45. The maximum absolute atomic E-state index is 10.5. The fourth-order valence-corrected chi connectivity index (χ4v) is 0.649. The molecule has 0 aliphatic carbocycles. The molecular weight excluding hydrogens is 154 g/mol. The van der Waals surface area contributed by atoms with Gasteiger partial charge in [0.1, 0.15) is 0 Å². The second kappa shape index (κ2) is 5.11. The quantitative estimate of drug-likeness (QED) is 0.521. The van der Waals surface area contributed by atoms with E-state index in [1.165, 1.54) is 0 Å². The van der Waals surface area contributed by atoms with Crippen LogP contribution >= 0.6 is 0 Å². The minimum absolute atomic E-state index is 0.357. The first kappa shape index (κ1) is 11.4. The highest BCUT2D eigenvalue weighted by Crippen LogP contribution is 1.98. The molecule has 0 spiro atoms. The molecule has 0 bridgehead atoms. The standard InChI is InChI=1S/C8H19N3O/c1-5(2)6(3)11-4-7(9)8(10)12/h5-7,11H,4,9H2,1-3H3,(H2,10,12). The Kier molecular flexibility index (Phi) is 4.85. The zero-order valence-electron chi connectivity index (χ0n) is 8.00. The molecule has 4 nitrogen and oxygen atoms in total. The minimum atomic E-state index is -0.578. The van der Waals surface area contributed by atoms with E-state index in [1.807, 2.05) is 0 Å². The lowest BCUT2D eigenvalue weighted by Gasteiger charge is -2.18. The molecule has 12 heavy (non-hydrogen) atoms. The van der Waals surface area contributed by atoms with Gasteiger partial charge >= 0.3 is 0 Å². The number of carbonyl (C=O) groups excluding carboxylic acids is 1. The van der Waals surface area contributed by atoms with E-state index < -0.39 is 11.9 Å². The van der Waals surface area contributed by atoms with Crippen LogP contribution in [0.3, 0.4) is 0 Å². The van der Waals surface area contributed by atoms with Gasteiger partial charge in [0, 0.05) is 12.6 Å². The number of carbonyl (C=O) groups is 1. The van der Waals surface area contributed by atoms with Crippen LogP contribution in [-0.2, 0) is 4.79 Å². The molecule has 72 valence electrons. The topological polar surface area (TPSA) is 81.1 Å². The largest absolute Gasteiger partial charge is 0.368 e. The van der Waals surface area contributed by atoms with Crippen LogP contribution in [0.15, 0.2) is 0 Å². The molecule has 0 aliphatic rings. The normalized spacial score (nSPS) is 16.1. The molecule has 4 heteroatoms. The van der Waals surface area contributed by atoms with E-state index in [0.717, 1.165) is 0 Å². The predicted octanol–water partition coefficient (Wildman–Crippen LogP) is -0.567. The van der Waals surface area contributed by atoms with Crippen molar-refractivity contribution in [2.75, 3.05) is 6.54 Å². The second-order valence-electron chi connectivity index (χ2n) is 3.45. The minimum Gasteiger partial charge on any atom is -0.368 e. The van der Waals surface area contributed by atoms with Crippen molar-refractivity contribution in [2.24, 2.45) is 17.4 Å². The molecule has 0 rings (SSSR count). The Morgan fingerprint density at radius 2 is 1.92 bits per heavy atom. The third kappa shape index (κ3) is 4.31. The van der Waals surface area contributed by atoms with Crippen molar-refractivity contribution in [3.05, 3.63) is 0 Å². The fraction of sp³-hybridized carbons (Fsp3) is 0.875. The van der Waals surface area contributed by atoms with Gasteiger partial charge in [0.2, 0.25) is 5.91 Å². The van der Waals surface area contributed by atoms with E-state index in [4.69, 9.17) is 11.5 Å². The lowest BCUT2D eigenvalue weighted by atomic mass is 10.1. The van der Waals surface area contributed by atoms with E-state index in [9.17, 15) is 4.79 Å². The Bertz CT molecular complexity index is 147. The molecular formula is C8H19N3O. The smallest absolute Gasteiger partial charge is 0.235 e. The highest BCUT2D eigenvalue weighted by atomic mass is 16.1. The van der Waals surface area contributed by atoms with Gasteiger partial charge in [-0.05, 0) is 12.8 Å². The number of nitrogens with one attached hydrogen (secondary N) is 1. The van der Waals surface area contributed by atoms with Gasteiger partial charge < -0.3 is 16.8 Å². The Balaban J connectivity index is 3.61. The van der Waals surface area contributed by atoms with Gasteiger partial charge in [0.25, 0.3) is 0 Å². The summed E-state index contributed by atoms with van der Waals surface area (Å²) in [6.07, 6.45) is 0. The average molecular weight is 173 g/mol. The molecule has 0 aliphatic heterocycles. The van der Waals surface area contributed by atoms with E-state index in [-0.39, 0.29) is 0 Å². The number of amides is 1. The highest BCUT2D eigenvalue weighted by molar-refractivity contribution is 5.79. The summed E-state index contributed by atoms with van der Waals surface area (Å²) in [7, 11) is 0. The predicted molar refractivity (Wildman–Crippen MR) is 49.5 cm³/mol. The van der Waals surface area contributed by atoms with Gasteiger partial charge in [-0.15, -0.1) is 0 Å². The zero-order chi connectivity index (χ0) is 9.72. The molecule has 0 saturated heterocycles. The molecule has 1 amide bonds. The molecule has 0 aromatic heterocycles. The zero-order valence-corrected chi connectivity index (χ0v) is 8.00. The van der Waals surface area contributed by atoms with Gasteiger partial charge in [-0.3, -0.25) is 4.79 Å². The summed E-state index contributed by atoms with van der Waals surface area (Å²) in [5, 5.41) is 3.14. The lowest BCUT2D eigenvalue weighted by molar-refractivity contribution is -0.119. The number of rotatable bonds is 5. The molecule has 0 radical (unpaired) electrons. The molecule has 0 heterocycles. The monoisotopic (exact) mass is 173 g/mol. The van der Waals surface area contributed by atoms with Crippen molar-refractivity contribution in [1.29, 1.82) is 0 Å². The van der Waals surface area contributed by atoms with Crippen LogP contribution in [0.1, 0.15) is 20.8 Å². The van der Waals surface area contributed by atoms with Gasteiger partial charge in [-0.25, -0.2) is 0 Å². The van der Waals surface area contributed by atoms with Gasteiger partial charge in [0.05, 0.1) is 6.04 Å². The molecule has 2 atom stereocenters. The van der Waals surface area contributed by atoms with Crippen molar-refractivity contribution in [1.82, 2.24) is 5.32 Å². The summed E-state index contributed by atoms with van der Waals surface area (Å²) in [4.78, 5) is 10.5. The van der Waals surface area contributed by atoms with Crippen LogP contribution in [0.2, 0.25) is 0 Å². The molecule has 0 saturated carbocycles. The van der Waals surface area contributed by atoms with Crippen molar-refractivity contribution >= 4 is 5.91 Å².